The van der Waals surface area contributed by atoms with Gasteiger partial charge in [-0.3, -0.25) is 0 Å². The Kier molecular flexibility index (Phi) is 2.54. The van der Waals surface area contributed by atoms with Crippen LogP contribution < -0.4 is 10.1 Å². The maximum absolute atomic E-state index is 5.69. The van der Waals surface area contributed by atoms with Crippen LogP contribution in [-0.2, 0) is 0 Å². The van der Waals surface area contributed by atoms with Crippen molar-refractivity contribution in [2.45, 2.75) is 13.2 Å². The van der Waals surface area contributed by atoms with Crippen LogP contribution in [0.15, 0.2) is 54.3 Å². The maximum Gasteiger partial charge on any atom is 0.189 e. The molecule has 2 heteroatoms. The average molecular weight is 187 g/mol. The summed E-state index contributed by atoms with van der Waals surface area (Å²) in [5.74, 6) is 0.879. The fourth-order valence-corrected chi connectivity index (χ4v) is 1.33. The Hall–Kier alpha value is -1.70. The molecular weight excluding hydrogens is 174 g/mol. The smallest absolute Gasteiger partial charge is 0.189 e. The lowest BCUT2D eigenvalue weighted by atomic mass is 10.2. The van der Waals surface area contributed by atoms with Crippen LogP contribution in [0.3, 0.4) is 0 Å². The van der Waals surface area contributed by atoms with E-state index in [-0.39, 0.29) is 6.23 Å². The molecule has 1 unspecified atom stereocenters. The normalized spacial score (nSPS) is 19.8. The van der Waals surface area contributed by atoms with Gasteiger partial charge in [0.1, 0.15) is 5.75 Å². The minimum atomic E-state index is -0.0533. The van der Waals surface area contributed by atoms with Crippen molar-refractivity contribution in [3.8, 4) is 5.75 Å². The Balaban J connectivity index is 2.03. The summed E-state index contributed by atoms with van der Waals surface area (Å²) < 4.78 is 5.69. The lowest BCUT2D eigenvalue weighted by Gasteiger charge is -2.19. The molecule has 1 aliphatic rings. The molecule has 2 rings (SSSR count). The zero-order valence-corrected chi connectivity index (χ0v) is 8.10. The van der Waals surface area contributed by atoms with Crippen LogP contribution in [0.25, 0.3) is 0 Å². The number of benzene rings is 1. The first-order valence-electron chi connectivity index (χ1n) is 4.67. The molecule has 0 saturated heterocycles. The molecule has 0 spiro atoms. The third-order valence-electron chi connectivity index (χ3n) is 2.03. The van der Waals surface area contributed by atoms with Crippen molar-refractivity contribution in [3.05, 3.63) is 54.3 Å². The summed E-state index contributed by atoms with van der Waals surface area (Å²) in [6.45, 7) is 2.05. The predicted molar refractivity (Wildman–Crippen MR) is 56.9 cm³/mol. The second-order valence-electron chi connectivity index (χ2n) is 3.26. The van der Waals surface area contributed by atoms with Gasteiger partial charge in [-0.15, -0.1) is 0 Å². The molecule has 14 heavy (non-hydrogen) atoms. The number of hydrogen-bond acceptors (Lipinski definition) is 2. The highest BCUT2D eigenvalue weighted by atomic mass is 16.5. The number of dihydropyridines is 1. The second-order valence-corrected chi connectivity index (χ2v) is 3.26. The number of rotatable bonds is 2. The first-order chi connectivity index (χ1) is 6.84. The van der Waals surface area contributed by atoms with Crippen LogP contribution in [0.4, 0.5) is 0 Å². The number of nitrogens with one attached hydrogen (secondary N) is 1. The van der Waals surface area contributed by atoms with Crippen molar-refractivity contribution in [1.82, 2.24) is 5.32 Å². The van der Waals surface area contributed by atoms with Crippen molar-refractivity contribution in [2.24, 2.45) is 0 Å². The van der Waals surface area contributed by atoms with E-state index >= 15 is 0 Å². The van der Waals surface area contributed by atoms with Gasteiger partial charge in [0, 0.05) is 6.20 Å². The van der Waals surface area contributed by atoms with Gasteiger partial charge in [-0.2, -0.15) is 0 Å². The highest BCUT2D eigenvalue weighted by Gasteiger charge is 2.06. The van der Waals surface area contributed by atoms with Gasteiger partial charge in [0.15, 0.2) is 6.23 Å². The van der Waals surface area contributed by atoms with Crippen molar-refractivity contribution < 1.29 is 4.74 Å². The summed E-state index contributed by atoms with van der Waals surface area (Å²) in [4.78, 5) is 0. The molecule has 2 nitrogen and oxygen atoms in total. The van der Waals surface area contributed by atoms with Gasteiger partial charge in [0.2, 0.25) is 0 Å². The van der Waals surface area contributed by atoms with E-state index in [9.17, 15) is 0 Å². The van der Waals surface area contributed by atoms with Crippen molar-refractivity contribution in [3.63, 3.8) is 0 Å². The van der Waals surface area contributed by atoms with Gasteiger partial charge >= 0.3 is 0 Å². The molecule has 0 saturated carbocycles. The van der Waals surface area contributed by atoms with Crippen LogP contribution in [-0.4, -0.2) is 6.23 Å². The van der Waals surface area contributed by atoms with Crippen LogP contribution in [0, 0.1) is 0 Å². The monoisotopic (exact) mass is 187 g/mol. The Bertz CT molecular complexity index is 354. The zero-order valence-electron chi connectivity index (χ0n) is 8.10. The molecule has 1 aromatic rings. The quantitative estimate of drug-likeness (QED) is 0.767. The summed E-state index contributed by atoms with van der Waals surface area (Å²) in [7, 11) is 0. The molecule has 0 amide bonds. The van der Waals surface area contributed by atoms with Gasteiger partial charge in [-0.1, -0.05) is 18.2 Å². The summed E-state index contributed by atoms with van der Waals surface area (Å²) in [5.41, 5.74) is 1.21. The summed E-state index contributed by atoms with van der Waals surface area (Å²) >= 11 is 0. The van der Waals surface area contributed by atoms with E-state index < -0.39 is 0 Å². The molecule has 1 atom stereocenters. The number of ether oxygens (including phenoxy) is 1. The second kappa shape index (κ2) is 4.01. The highest BCUT2D eigenvalue weighted by molar-refractivity contribution is 5.25. The Morgan fingerprint density at radius 2 is 2.00 bits per heavy atom. The summed E-state index contributed by atoms with van der Waals surface area (Å²) in [5, 5.41) is 3.12. The topological polar surface area (TPSA) is 21.3 Å². The van der Waals surface area contributed by atoms with E-state index in [4.69, 9.17) is 4.74 Å². The van der Waals surface area contributed by atoms with Gasteiger partial charge in [0.25, 0.3) is 0 Å². The van der Waals surface area contributed by atoms with Crippen LogP contribution in [0.5, 0.6) is 5.75 Å². The lowest BCUT2D eigenvalue weighted by Crippen LogP contribution is -2.30. The molecule has 1 N–H and O–H groups in total. The van der Waals surface area contributed by atoms with E-state index in [0.717, 1.165) is 5.75 Å². The molecular formula is C12H13NO. The summed E-state index contributed by atoms with van der Waals surface area (Å²) in [6, 6.07) is 9.80. The van der Waals surface area contributed by atoms with Gasteiger partial charge in [0.05, 0.1) is 0 Å². The number of hydrogen-bond donors (Lipinski definition) is 1. The van der Waals surface area contributed by atoms with Gasteiger partial charge in [-0.05, 0) is 36.8 Å². The number of para-hydroxylation sites is 1. The van der Waals surface area contributed by atoms with E-state index in [1.54, 1.807) is 0 Å². The van der Waals surface area contributed by atoms with E-state index in [0.29, 0.717) is 0 Å². The molecule has 0 radical (unpaired) electrons. The molecule has 72 valence electrons. The third-order valence-corrected chi connectivity index (χ3v) is 2.03. The van der Waals surface area contributed by atoms with Crippen LogP contribution >= 0.6 is 0 Å². The van der Waals surface area contributed by atoms with E-state index in [1.165, 1.54) is 5.57 Å². The van der Waals surface area contributed by atoms with Crippen molar-refractivity contribution in [1.29, 1.82) is 0 Å². The standard InChI is InChI=1S/C12H13NO/c1-10-7-8-13-12(9-10)14-11-5-3-2-4-6-11/h2-9,12-13H,1H3. The van der Waals surface area contributed by atoms with Gasteiger partial charge in [-0.25, -0.2) is 0 Å². The van der Waals surface area contributed by atoms with Crippen LogP contribution in [0.2, 0.25) is 0 Å². The predicted octanol–water partition coefficient (Wildman–Crippen LogP) is 2.45. The minimum Gasteiger partial charge on any atom is -0.467 e. The zero-order chi connectivity index (χ0) is 9.80. The Morgan fingerprint density at radius 3 is 2.71 bits per heavy atom. The summed E-state index contributed by atoms with van der Waals surface area (Å²) in [6.07, 6.45) is 5.92. The number of allylic oxidation sites excluding steroid dienone is 2. The van der Waals surface area contributed by atoms with Gasteiger partial charge < -0.3 is 10.1 Å². The van der Waals surface area contributed by atoms with E-state index in [2.05, 4.69) is 12.2 Å². The molecule has 0 aromatic heterocycles. The van der Waals surface area contributed by atoms with Crippen molar-refractivity contribution >= 4 is 0 Å². The Labute approximate surface area is 83.9 Å². The largest absolute Gasteiger partial charge is 0.467 e. The first kappa shape index (κ1) is 8.88. The third kappa shape index (κ3) is 2.16. The highest BCUT2D eigenvalue weighted by Crippen LogP contribution is 2.13. The molecule has 0 aliphatic carbocycles. The first-order valence-corrected chi connectivity index (χ1v) is 4.67. The fourth-order valence-electron chi connectivity index (χ4n) is 1.33. The maximum atomic E-state index is 5.69. The average Bonchev–Trinajstić information content (AvgIpc) is 2.19. The molecule has 1 aromatic carbocycles. The molecule has 0 bridgehead atoms. The molecule has 0 fully saturated rings. The van der Waals surface area contributed by atoms with Crippen molar-refractivity contribution in [2.75, 3.05) is 0 Å². The van der Waals surface area contributed by atoms with E-state index in [1.807, 2.05) is 48.7 Å². The van der Waals surface area contributed by atoms with Crippen LogP contribution in [0.1, 0.15) is 6.92 Å². The minimum absolute atomic E-state index is 0.0533. The fraction of sp³-hybridized carbons (Fsp3) is 0.167. The molecule has 1 heterocycles. The Morgan fingerprint density at radius 1 is 1.21 bits per heavy atom. The SMILES string of the molecule is CC1=CC(Oc2ccccc2)NC=C1. The molecule has 1 aliphatic heterocycles. The lowest BCUT2D eigenvalue weighted by molar-refractivity contribution is 0.226.